The summed E-state index contributed by atoms with van der Waals surface area (Å²) >= 11 is 0. The first-order valence-corrected chi connectivity index (χ1v) is 27.0. The lowest BCUT2D eigenvalue weighted by Crippen LogP contribution is -2.63. The molecule has 1 aliphatic rings. The van der Waals surface area contributed by atoms with E-state index in [4.69, 9.17) is 61.3 Å². The second-order valence-electron chi connectivity index (χ2n) is 16.0. The molecule has 1 heterocycles. The molecule has 0 bridgehead atoms. The summed E-state index contributed by atoms with van der Waals surface area (Å²) in [5.41, 5.74) is 7.98. The van der Waals surface area contributed by atoms with Crippen LogP contribution in [0.5, 0.6) is 23.0 Å². The Kier molecular flexibility index (Phi) is 24.0. The predicted octanol–water partition coefficient (Wildman–Crippen LogP) is 4.35. The Labute approximate surface area is 435 Å². The summed E-state index contributed by atoms with van der Waals surface area (Å²) in [6.07, 6.45) is -8.34. The van der Waals surface area contributed by atoms with Crippen molar-refractivity contribution in [1.29, 1.82) is 0 Å². The summed E-state index contributed by atoms with van der Waals surface area (Å²) in [5, 5.41) is 3.35. The molecule has 76 heavy (non-hydrogen) atoms. The van der Waals surface area contributed by atoms with E-state index < -0.39 is 121 Å². The van der Waals surface area contributed by atoms with Crippen LogP contribution in [0.1, 0.15) is 67.6 Å². The highest BCUT2D eigenvalue weighted by Gasteiger charge is 2.53. The topological polar surface area (TPSA) is 347 Å². The molecule has 1 saturated heterocycles. The standard InChI is InChI=1S/C45H53F2N3O23S3/c1-28(51)65-25-41-42(67-29(2)52)43(68-30(3)53)44(69-31(4)54)45(71-41)70-39-14-10-34(37(55)6-5-16-62-18-20-64-21-19-63-17-15-49-50-48)23-40(39)73-76(60,61)72-36-11-7-32(8-12-36)24-66-38-13-9-33(26-74(46,56)57)22-35(38)27-75(47,58)59/h7-14,22-23,41-45H,5-6,15-21,24-27H2,1-4H3/t41-,42+,43+,44-,45?/m0/s1. The average molecular weight is 1140 g/mol. The lowest BCUT2D eigenvalue weighted by Gasteiger charge is -2.43. The Morgan fingerprint density at radius 3 is 1.83 bits per heavy atom. The number of benzene rings is 3. The van der Waals surface area contributed by atoms with Gasteiger partial charge in [-0.2, -0.15) is 16.8 Å². The van der Waals surface area contributed by atoms with E-state index in [0.717, 1.165) is 70.2 Å². The third-order valence-corrected chi connectivity index (χ3v) is 11.9. The fourth-order valence-electron chi connectivity index (χ4n) is 6.83. The van der Waals surface area contributed by atoms with Crippen LogP contribution < -0.4 is 17.8 Å². The number of carbonyl (C=O) groups is 5. The van der Waals surface area contributed by atoms with Crippen molar-refractivity contribution in [2.75, 3.05) is 52.8 Å². The molecule has 0 amide bonds. The maximum Gasteiger partial charge on any atom is 0.501 e. The first-order chi connectivity index (χ1) is 35.8. The van der Waals surface area contributed by atoms with Crippen molar-refractivity contribution < 1.29 is 113 Å². The number of nitrogens with zero attached hydrogens (tertiary/aromatic N) is 3. The van der Waals surface area contributed by atoms with Crippen molar-refractivity contribution >= 4 is 60.5 Å². The molecule has 0 aromatic heterocycles. The summed E-state index contributed by atoms with van der Waals surface area (Å²) in [6, 6.07) is 11.4. The third-order valence-electron chi connectivity index (χ3n) is 9.79. The molecule has 0 saturated carbocycles. The normalized spacial score (nSPS) is 17.5. The van der Waals surface area contributed by atoms with Gasteiger partial charge in [-0.05, 0) is 65.5 Å². The van der Waals surface area contributed by atoms with Crippen LogP contribution >= 0.6 is 0 Å². The maximum atomic E-state index is 13.7. The molecule has 0 radical (unpaired) electrons. The van der Waals surface area contributed by atoms with Gasteiger partial charge in [0, 0.05) is 63.3 Å². The summed E-state index contributed by atoms with van der Waals surface area (Å²) in [6.45, 7) is 4.50. The number of carbonyl (C=O) groups excluding carboxylic acids is 5. The van der Waals surface area contributed by atoms with Gasteiger partial charge in [0.25, 0.3) is 0 Å². The van der Waals surface area contributed by atoms with Crippen LogP contribution in [0.2, 0.25) is 0 Å². The summed E-state index contributed by atoms with van der Waals surface area (Å²) < 4.78 is 165. The average Bonchev–Trinajstić information content (AvgIpc) is 3.30. The van der Waals surface area contributed by atoms with Crippen molar-refractivity contribution in [3.8, 4) is 23.0 Å². The molecule has 1 fully saturated rings. The molecule has 31 heteroatoms. The van der Waals surface area contributed by atoms with E-state index in [1.54, 1.807) is 0 Å². The zero-order valence-electron chi connectivity index (χ0n) is 41.1. The van der Waals surface area contributed by atoms with Crippen LogP contribution in [0, 0.1) is 0 Å². The molecule has 1 aliphatic heterocycles. The Balaban J connectivity index is 1.58. The van der Waals surface area contributed by atoms with Crippen molar-refractivity contribution in [2.24, 2.45) is 5.11 Å². The van der Waals surface area contributed by atoms with Gasteiger partial charge in [-0.1, -0.05) is 23.3 Å². The fraction of sp³-hybridized carbons (Fsp3) is 0.489. The van der Waals surface area contributed by atoms with Gasteiger partial charge in [0.1, 0.15) is 42.3 Å². The van der Waals surface area contributed by atoms with Crippen molar-refractivity contribution in [1.82, 2.24) is 0 Å². The number of hydrogen-bond acceptors (Lipinski definition) is 24. The lowest BCUT2D eigenvalue weighted by atomic mass is 9.98. The van der Waals surface area contributed by atoms with E-state index in [1.807, 2.05) is 0 Å². The minimum absolute atomic E-state index is 0.110. The zero-order valence-corrected chi connectivity index (χ0v) is 43.5. The van der Waals surface area contributed by atoms with Crippen molar-refractivity contribution in [2.45, 2.75) is 89.4 Å². The molecular formula is C45H53F2N3O23S3. The molecule has 0 N–H and O–H groups in total. The number of esters is 4. The molecule has 418 valence electrons. The van der Waals surface area contributed by atoms with E-state index in [0.29, 0.717) is 5.56 Å². The molecule has 0 aliphatic carbocycles. The van der Waals surface area contributed by atoms with Gasteiger partial charge in [0.15, 0.2) is 29.5 Å². The summed E-state index contributed by atoms with van der Waals surface area (Å²) in [5.74, 6) is -8.30. The first kappa shape index (κ1) is 61.8. The minimum atomic E-state index is -5.21. The highest BCUT2D eigenvalue weighted by atomic mass is 32.3. The highest BCUT2D eigenvalue weighted by molar-refractivity contribution is 7.85. The van der Waals surface area contributed by atoms with E-state index in [-0.39, 0.29) is 93.8 Å². The number of halogens is 2. The van der Waals surface area contributed by atoms with E-state index in [2.05, 4.69) is 10.0 Å². The second kappa shape index (κ2) is 29.5. The second-order valence-corrected chi connectivity index (χ2v) is 19.9. The van der Waals surface area contributed by atoms with Crippen LogP contribution in [0.25, 0.3) is 10.4 Å². The number of ether oxygens (including phenoxy) is 10. The van der Waals surface area contributed by atoms with Gasteiger partial charge in [0.05, 0.1) is 33.0 Å². The molecule has 26 nitrogen and oxygen atoms in total. The van der Waals surface area contributed by atoms with Gasteiger partial charge < -0.3 is 55.7 Å². The van der Waals surface area contributed by atoms with Crippen LogP contribution in [0.15, 0.2) is 65.8 Å². The number of azide groups is 1. The molecule has 0 spiro atoms. The smallest absolute Gasteiger partial charge is 0.489 e. The summed E-state index contributed by atoms with van der Waals surface area (Å²) in [4.78, 5) is 65.1. The summed E-state index contributed by atoms with van der Waals surface area (Å²) in [7, 11) is -15.4. The highest BCUT2D eigenvalue weighted by Crippen LogP contribution is 2.37. The van der Waals surface area contributed by atoms with E-state index in [9.17, 15) is 57.0 Å². The van der Waals surface area contributed by atoms with Crippen LogP contribution in [-0.4, -0.2) is 138 Å². The minimum Gasteiger partial charge on any atom is -0.489 e. The Bertz CT molecular complexity index is 2890. The number of hydrogen-bond donors (Lipinski definition) is 0. The zero-order chi connectivity index (χ0) is 56.1. The van der Waals surface area contributed by atoms with Crippen molar-refractivity contribution in [3.63, 3.8) is 0 Å². The lowest BCUT2D eigenvalue weighted by molar-refractivity contribution is -0.288. The van der Waals surface area contributed by atoms with Crippen LogP contribution in [-0.2, 0) is 106 Å². The van der Waals surface area contributed by atoms with Gasteiger partial charge in [-0.3, -0.25) is 24.0 Å². The number of rotatable bonds is 32. The van der Waals surface area contributed by atoms with Crippen LogP contribution in [0.4, 0.5) is 7.77 Å². The number of ketones is 1. The fourth-order valence-corrected chi connectivity index (χ4v) is 8.74. The Morgan fingerprint density at radius 1 is 0.645 bits per heavy atom. The van der Waals surface area contributed by atoms with Gasteiger partial charge in [0.2, 0.25) is 12.4 Å². The molecule has 5 atom stereocenters. The molecule has 3 aromatic carbocycles. The number of Topliss-reactive ketones (excluding diaryl/α,β-unsaturated/α-hetero) is 1. The molecule has 3 aromatic rings. The molecular weight excluding hydrogens is 1080 g/mol. The quantitative estimate of drug-likeness (QED) is 0.0122. The van der Waals surface area contributed by atoms with Crippen LogP contribution in [0.3, 0.4) is 0 Å². The Hall–Kier alpha value is -6.73. The third kappa shape index (κ3) is 22.6. The first-order valence-electron chi connectivity index (χ1n) is 22.5. The van der Waals surface area contributed by atoms with E-state index in [1.165, 1.54) is 18.2 Å². The van der Waals surface area contributed by atoms with Gasteiger partial charge in [-0.25, -0.2) is 0 Å². The Morgan fingerprint density at radius 2 is 1.22 bits per heavy atom. The largest absolute Gasteiger partial charge is 0.501 e. The van der Waals surface area contributed by atoms with E-state index >= 15 is 0 Å². The predicted molar refractivity (Wildman–Crippen MR) is 254 cm³/mol. The van der Waals surface area contributed by atoms with Gasteiger partial charge >= 0.3 is 54.7 Å². The van der Waals surface area contributed by atoms with Crippen molar-refractivity contribution in [3.05, 3.63) is 93.4 Å². The van der Waals surface area contributed by atoms with Gasteiger partial charge in [-0.15, -0.1) is 16.2 Å². The maximum absolute atomic E-state index is 13.7. The monoisotopic (exact) mass is 1140 g/mol. The molecule has 4 rings (SSSR count). The SMILES string of the molecule is CC(=O)OC[C@@H]1OC(Oc2ccc(C(=O)CCCOCCOCCOCCN=[N+]=[N-])cc2OS(=O)(=O)Oc2ccc(COc3ccc(CS(=O)(=O)F)cc3CS(=O)(=O)F)cc2)[C@@H](OC(C)=O)[C@H](OC(C)=O)[C@@H]1OC(C)=O. The molecule has 1 unspecified atom stereocenters.